The molecule has 1 aliphatic carbocycles. The molecule has 92 valence electrons. The molecular formula is C11H12FNO4. The largest absolute Gasteiger partial charge is 0.481 e. The van der Waals surface area contributed by atoms with Gasteiger partial charge in [-0.3, -0.25) is 10.1 Å². The lowest BCUT2D eigenvalue weighted by atomic mass is 10.2. The highest BCUT2D eigenvalue weighted by atomic mass is 19.1. The molecule has 2 rings (SSSR count). The van der Waals surface area contributed by atoms with Gasteiger partial charge in [-0.1, -0.05) is 0 Å². The molecule has 1 aromatic rings. The molecule has 0 spiro atoms. The summed E-state index contributed by atoms with van der Waals surface area (Å²) in [6.07, 6.45) is 1.04. The number of nitro benzene ring substituents is 1. The van der Waals surface area contributed by atoms with Crippen molar-refractivity contribution in [1.29, 1.82) is 0 Å². The van der Waals surface area contributed by atoms with Gasteiger partial charge in [-0.15, -0.1) is 0 Å². The number of hydrogen-bond donors (Lipinski definition) is 1. The van der Waals surface area contributed by atoms with Gasteiger partial charge in [0.25, 0.3) is 0 Å². The molecule has 17 heavy (non-hydrogen) atoms. The van der Waals surface area contributed by atoms with Crippen LogP contribution < -0.4 is 4.74 Å². The van der Waals surface area contributed by atoms with Crippen molar-refractivity contribution in [3.63, 3.8) is 0 Å². The van der Waals surface area contributed by atoms with E-state index in [0.29, 0.717) is 12.8 Å². The van der Waals surface area contributed by atoms with Crippen molar-refractivity contribution in [2.45, 2.75) is 31.5 Å². The van der Waals surface area contributed by atoms with Crippen molar-refractivity contribution < 1.29 is 19.2 Å². The van der Waals surface area contributed by atoms with Crippen molar-refractivity contribution >= 4 is 5.69 Å². The second-order valence-electron chi connectivity index (χ2n) is 4.02. The number of nitro groups is 1. The van der Waals surface area contributed by atoms with Crippen LogP contribution in [0, 0.1) is 15.9 Å². The van der Waals surface area contributed by atoms with Gasteiger partial charge in [0.15, 0.2) is 5.75 Å². The first-order chi connectivity index (χ1) is 8.08. The molecule has 0 heterocycles. The van der Waals surface area contributed by atoms with Crippen molar-refractivity contribution in [2.75, 3.05) is 0 Å². The number of hydrogen-bond acceptors (Lipinski definition) is 4. The molecule has 0 amide bonds. The van der Waals surface area contributed by atoms with Crippen LogP contribution in [-0.2, 0) is 0 Å². The van der Waals surface area contributed by atoms with Crippen LogP contribution in [0.1, 0.15) is 19.3 Å². The Morgan fingerprint density at radius 2 is 2.24 bits per heavy atom. The maximum atomic E-state index is 12.9. The van der Waals surface area contributed by atoms with E-state index in [-0.39, 0.29) is 5.75 Å². The molecular weight excluding hydrogens is 229 g/mol. The Hall–Kier alpha value is -1.69. The SMILES string of the molecule is O=[N+]([O-])c1cc(F)ccc1OC1CCCC1O. The molecule has 6 heteroatoms. The van der Waals surface area contributed by atoms with Gasteiger partial charge in [-0.05, 0) is 31.4 Å². The molecule has 0 radical (unpaired) electrons. The third-order valence-corrected chi connectivity index (χ3v) is 2.81. The number of benzene rings is 1. The summed E-state index contributed by atoms with van der Waals surface area (Å²) in [6, 6.07) is 3.14. The maximum Gasteiger partial charge on any atom is 0.313 e. The zero-order chi connectivity index (χ0) is 12.4. The fourth-order valence-electron chi connectivity index (χ4n) is 1.94. The third kappa shape index (κ3) is 2.52. The summed E-state index contributed by atoms with van der Waals surface area (Å²) in [5.41, 5.74) is -0.413. The molecule has 0 aromatic heterocycles. The van der Waals surface area contributed by atoms with E-state index in [9.17, 15) is 19.6 Å². The summed E-state index contributed by atoms with van der Waals surface area (Å²) < 4.78 is 18.3. The van der Waals surface area contributed by atoms with Gasteiger partial charge in [0, 0.05) is 0 Å². The van der Waals surface area contributed by atoms with Gasteiger partial charge in [-0.2, -0.15) is 0 Å². The topological polar surface area (TPSA) is 72.6 Å². The summed E-state index contributed by atoms with van der Waals surface area (Å²) in [6.45, 7) is 0. The lowest BCUT2D eigenvalue weighted by Gasteiger charge is -2.16. The maximum absolute atomic E-state index is 12.9. The van der Waals surface area contributed by atoms with E-state index in [1.807, 2.05) is 0 Å². The van der Waals surface area contributed by atoms with Crippen molar-refractivity contribution in [1.82, 2.24) is 0 Å². The van der Waals surface area contributed by atoms with E-state index in [0.717, 1.165) is 18.6 Å². The van der Waals surface area contributed by atoms with E-state index >= 15 is 0 Å². The summed E-state index contributed by atoms with van der Waals surface area (Å²) >= 11 is 0. The predicted octanol–water partition coefficient (Wildman–Crippen LogP) is 2.03. The first kappa shape index (κ1) is 11.8. The van der Waals surface area contributed by atoms with Crippen molar-refractivity contribution in [3.05, 3.63) is 34.1 Å². The van der Waals surface area contributed by atoms with E-state index in [4.69, 9.17) is 4.74 Å². The Balaban J connectivity index is 2.22. The smallest absolute Gasteiger partial charge is 0.313 e. The van der Waals surface area contributed by atoms with E-state index in [1.165, 1.54) is 6.07 Å². The van der Waals surface area contributed by atoms with Gasteiger partial charge in [0.1, 0.15) is 11.9 Å². The molecule has 1 fully saturated rings. The monoisotopic (exact) mass is 241 g/mol. The van der Waals surface area contributed by atoms with Crippen LogP contribution in [0.25, 0.3) is 0 Å². The molecule has 1 aromatic carbocycles. The molecule has 1 aliphatic rings. The molecule has 1 saturated carbocycles. The Morgan fingerprint density at radius 1 is 1.47 bits per heavy atom. The Bertz CT molecular complexity index is 437. The van der Waals surface area contributed by atoms with Gasteiger partial charge < -0.3 is 9.84 Å². The van der Waals surface area contributed by atoms with Crippen molar-refractivity contribution in [2.24, 2.45) is 0 Å². The van der Waals surface area contributed by atoms with Crippen molar-refractivity contribution in [3.8, 4) is 5.75 Å². The Morgan fingerprint density at radius 3 is 2.82 bits per heavy atom. The number of halogens is 1. The van der Waals surface area contributed by atoms with Crippen LogP contribution in [-0.4, -0.2) is 22.2 Å². The lowest BCUT2D eigenvalue weighted by Crippen LogP contribution is -2.25. The van der Waals surface area contributed by atoms with E-state index in [1.54, 1.807) is 0 Å². The van der Waals surface area contributed by atoms with Gasteiger partial charge in [-0.25, -0.2) is 4.39 Å². The summed E-state index contributed by atoms with van der Waals surface area (Å²) in [5.74, 6) is -0.682. The number of ether oxygens (including phenoxy) is 1. The second-order valence-corrected chi connectivity index (χ2v) is 4.02. The fourth-order valence-corrected chi connectivity index (χ4v) is 1.94. The van der Waals surface area contributed by atoms with Crippen LogP contribution in [0.4, 0.5) is 10.1 Å². The highest BCUT2D eigenvalue weighted by molar-refractivity contribution is 5.46. The van der Waals surface area contributed by atoms with Crippen LogP contribution in [0.15, 0.2) is 18.2 Å². The molecule has 5 nitrogen and oxygen atoms in total. The molecule has 0 saturated heterocycles. The van der Waals surface area contributed by atoms with Crippen LogP contribution in [0.2, 0.25) is 0 Å². The molecule has 2 atom stereocenters. The minimum Gasteiger partial charge on any atom is -0.481 e. The quantitative estimate of drug-likeness (QED) is 0.649. The minimum absolute atomic E-state index is 0.00218. The second kappa shape index (κ2) is 4.67. The highest BCUT2D eigenvalue weighted by Gasteiger charge is 2.29. The zero-order valence-corrected chi connectivity index (χ0v) is 9.01. The van der Waals surface area contributed by atoms with Crippen LogP contribution in [0.3, 0.4) is 0 Å². The minimum atomic E-state index is -0.695. The number of nitrogens with zero attached hydrogens (tertiary/aromatic N) is 1. The average molecular weight is 241 g/mol. The normalized spacial score (nSPS) is 23.6. The molecule has 1 N–H and O–H groups in total. The van der Waals surface area contributed by atoms with Gasteiger partial charge in [0.05, 0.1) is 17.1 Å². The molecule has 0 bridgehead atoms. The lowest BCUT2D eigenvalue weighted by molar-refractivity contribution is -0.386. The number of aliphatic hydroxyl groups excluding tert-OH is 1. The molecule has 2 unspecified atom stereocenters. The van der Waals surface area contributed by atoms with E-state index in [2.05, 4.69) is 0 Å². The fraction of sp³-hybridized carbons (Fsp3) is 0.455. The Labute approximate surface area is 97.0 Å². The first-order valence-corrected chi connectivity index (χ1v) is 5.36. The Kier molecular flexibility index (Phi) is 3.23. The summed E-state index contributed by atoms with van der Waals surface area (Å²) in [7, 11) is 0. The predicted molar refractivity (Wildman–Crippen MR) is 57.3 cm³/mol. The zero-order valence-electron chi connectivity index (χ0n) is 9.01. The summed E-state index contributed by atoms with van der Waals surface area (Å²) in [5, 5.41) is 20.3. The third-order valence-electron chi connectivity index (χ3n) is 2.81. The highest BCUT2D eigenvalue weighted by Crippen LogP contribution is 2.31. The van der Waals surface area contributed by atoms with Crippen LogP contribution in [0.5, 0.6) is 5.75 Å². The summed E-state index contributed by atoms with van der Waals surface area (Å²) in [4.78, 5) is 10.0. The number of aliphatic hydroxyl groups is 1. The van der Waals surface area contributed by atoms with Crippen LogP contribution >= 0.6 is 0 Å². The number of rotatable bonds is 3. The van der Waals surface area contributed by atoms with E-state index < -0.39 is 28.6 Å². The van der Waals surface area contributed by atoms with Gasteiger partial charge in [0.2, 0.25) is 0 Å². The first-order valence-electron chi connectivity index (χ1n) is 5.36. The average Bonchev–Trinajstić information content (AvgIpc) is 2.67. The molecule has 0 aliphatic heterocycles. The standard InChI is InChI=1S/C11H12FNO4/c12-7-4-5-10(8(6-7)13(15)16)17-11-3-1-2-9(11)14/h4-6,9,11,14H,1-3H2. The van der Waals surface area contributed by atoms with Gasteiger partial charge >= 0.3 is 5.69 Å².